The van der Waals surface area contributed by atoms with E-state index >= 15 is 0 Å². The SMILES string of the molecule is O=S(CCSc1nc2ccccc2s1)Cc1ccccc1. The van der Waals surface area contributed by atoms with Crippen molar-refractivity contribution in [1.29, 1.82) is 0 Å². The fraction of sp³-hybridized carbons (Fsp3) is 0.188. The molecule has 0 amide bonds. The maximum atomic E-state index is 12.1. The van der Waals surface area contributed by atoms with Gasteiger partial charge in [0, 0.05) is 28.1 Å². The van der Waals surface area contributed by atoms with Gasteiger partial charge < -0.3 is 0 Å². The van der Waals surface area contributed by atoms with Crippen LogP contribution in [-0.4, -0.2) is 20.7 Å². The van der Waals surface area contributed by atoms with Gasteiger partial charge in [0.25, 0.3) is 0 Å². The summed E-state index contributed by atoms with van der Waals surface area (Å²) in [5, 5.41) is 0. The zero-order chi connectivity index (χ0) is 14.5. The number of hydrogen-bond acceptors (Lipinski definition) is 4. The van der Waals surface area contributed by atoms with Crippen molar-refractivity contribution < 1.29 is 4.21 Å². The summed E-state index contributed by atoms with van der Waals surface area (Å²) in [4.78, 5) is 4.58. The van der Waals surface area contributed by atoms with E-state index in [0.29, 0.717) is 11.5 Å². The molecule has 21 heavy (non-hydrogen) atoms. The molecule has 108 valence electrons. The lowest BCUT2D eigenvalue weighted by atomic mass is 10.2. The molecule has 5 heteroatoms. The highest BCUT2D eigenvalue weighted by molar-refractivity contribution is 8.01. The van der Waals surface area contributed by atoms with Gasteiger partial charge in [-0.3, -0.25) is 4.21 Å². The number of rotatable bonds is 6. The van der Waals surface area contributed by atoms with Gasteiger partial charge >= 0.3 is 0 Å². The van der Waals surface area contributed by atoms with Gasteiger partial charge in [-0.2, -0.15) is 0 Å². The second-order valence-corrected chi connectivity index (χ2v) is 8.52. The number of fused-ring (bicyclic) bond motifs is 1. The molecule has 1 unspecified atom stereocenters. The summed E-state index contributed by atoms with van der Waals surface area (Å²) in [7, 11) is -0.806. The van der Waals surface area contributed by atoms with Gasteiger partial charge in [0.2, 0.25) is 0 Å². The smallest absolute Gasteiger partial charge is 0.151 e. The molecule has 1 aromatic heterocycles. The summed E-state index contributed by atoms with van der Waals surface area (Å²) in [6, 6.07) is 18.2. The Morgan fingerprint density at radius 1 is 1.05 bits per heavy atom. The van der Waals surface area contributed by atoms with Crippen molar-refractivity contribution in [3.05, 3.63) is 60.2 Å². The Labute approximate surface area is 135 Å². The number of aromatic nitrogens is 1. The number of para-hydroxylation sites is 1. The van der Waals surface area contributed by atoms with Gasteiger partial charge in [-0.05, 0) is 17.7 Å². The zero-order valence-electron chi connectivity index (χ0n) is 11.4. The standard InChI is InChI=1S/C16H15NOS3/c18-21(12-13-6-2-1-3-7-13)11-10-19-16-17-14-8-4-5-9-15(14)20-16/h1-9H,10-12H2. The quantitative estimate of drug-likeness (QED) is 0.629. The third-order valence-corrected chi connectivity index (χ3v) is 6.74. The molecule has 0 saturated heterocycles. The van der Waals surface area contributed by atoms with Crippen molar-refractivity contribution in [2.45, 2.75) is 10.1 Å². The molecule has 0 bridgehead atoms. The summed E-state index contributed by atoms with van der Waals surface area (Å²) in [5.74, 6) is 2.19. The van der Waals surface area contributed by atoms with E-state index < -0.39 is 10.8 Å². The molecule has 0 aliphatic rings. The van der Waals surface area contributed by atoms with Crippen LogP contribution in [0, 0.1) is 0 Å². The van der Waals surface area contributed by atoms with Crippen molar-refractivity contribution in [2.24, 2.45) is 0 Å². The molecule has 0 aliphatic carbocycles. The molecule has 0 fully saturated rings. The first-order chi connectivity index (χ1) is 10.3. The fourth-order valence-electron chi connectivity index (χ4n) is 1.97. The molecule has 2 nitrogen and oxygen atoms in total. The van der Waals surface area contributed by atoms with E-state index in [4.69, 9.17) is 0 Å². The third-order valence-electron chi connectivity index (χ3n) is 2.98. The lowest BCUT2D eigenvalue weighted by molar-refractivity contribution is 0.683. The zero-order valence-corrected chi connectivity index (χ0v) is 13.8. The summed E-state index contributed by atoms with van der Waals surface area (Å²) in [5.41, 5.74) is 2.19. The van der Waals surface area contributed by atoms with Crippen LogP contribution in [0.4, 0.5) is 0 Å². The Bertz CT molecular complexity index is 706. The monoisotopic (exact) mass is 333 g/mol. The Morgan fingerprint density at radius 3 is 2.62 bits per heavy atom. The topological polar surface area (TPSA) is 30.0 Å². The van der Waals surface area contributed by atoms with Crippen LogP contribution in [0.3, 0.4) is 0 Å². The number of hydrogen-bond donors (Lipinski definition) is 0. The highest BCUT2D eigenvalue weighted by atomic mass is 32.2. The maximum Gasteiger partial charge on any atom is 0.151 e. The van der Waals surface area contributed by atoms with Crippen LogP contribution in [0.15, 0.2) is 58.9 Å². The highest BCUT2D eigenvalue weighted by Crippen LogP contribution is 2.29. The third kappa shape index (κ3) is 4.15. The van der Waals surface area contributed by atoms with E-state index in [2.05, 4.69) is 11.1 Å². The van der Waals surface area contributed by atoms with E-state index in [-0.39, 0.29) is 0 Å². The average Bonchev–Trinajstić information content (AvgIpc) is 2.91. The van der Waals surface area contributed by atoms with Crippen LogP contribution in [0.25, 0.3) is 10.2 Å². The first kappa shape index (κ1) is 14.8. The van der Waals surface area contributed by atoms with Crippen LogP contribution in [0.1, 0.15) is 5.56 Å². The predicted octanol–water partition coefficient (Wildman–Crippen LogP) is 4.34. The van der Waals surface area contributed by atoms with Gasteiger partial charge in [-0.15, -0.1) is 11.3 Å². The predicted molar refractivity (Wildman–Crippen MR) is 93.5 cm³/mol. The van der Waals surface area contributed by atoms with Crippen molar-refractivity contribution >= 4 is 44.1 Å². The Hall–Kier alpha value is -1.17. The first-order valence-corrected chi connectivity index (χ1v) is 9.97. The second-order valence-electron chi connectivity index (χ2n) is 4.57. The van der Waals surface area contributed by atoms with Crippen LogP contribution in [0.5, 0.6) is 0 Å². The molecule has 0 N–H and O–H groups in total. The molecule has 3 aromatic rings. The van der Waals surface area contributed by atoms with E-state index in [1.165, 1.54) is 4.70 Å². The molecule has 1 heterocycles. The molecule has 1 atom stereocenters. The summed E-state index contributed by atoms with van der Waals surface area (Å²) < 4.78 is 14.3. The minimum absolute atomic E-state index is 0.640. The molecular formula is C16H15NOS3. The second kappa shape index (κ2) is 7.20. The maximum absolute atomic E-state index is 12.1. The van der Waals surface area contributed by atoms with Gasteiger partial charge in [0.05, 0.1) is 10.2 Å². The van der Waals surface area contributed by atoms with Crippen LogP contribution >= 0.6 is 23.1 Å². The Morgan fingerprint density at radius 2 is 1.81 bits per heavy atom. The van der Waals surface area contributed by atoms with Gasteiger partial charge in [0.1, 0.15) is 0 Å². The average molecular weight is 334 g/mol. The highest BCUT2D eigenvalue weighted by Gasteiger charge is 2.06. The minimum Gasteiger partial charge on any atom is -0.259 e. The van der Waals surface area contributed by atoms with Crippen molar-refractivity contribution in [3.8, 4) is 0 Å². The molecule has 0 saturated carbocycles. The summed E-state index contributed by atoms with van der Waals surface area (Å²) >= 11 is 3.41. The molecular weight excluding hydrogens is 318 g/mol. The van der Waals surface area contributed by atoms with E-state index in [0.717, 1.165) is 21.2 Å². The lowest BCUT2D eigenvalue weighted by Gasteiger charge is -2.01. The van der Waals surface area contributed by atoms with Crippen molar-refractivity contribution in [2.75, 3.05) is 11.5 Å². The van der Waals surface area contributed by atoms with Crippen LogP contribution < -0.4 is 0 Å². The molecule has 2 aromatic carbocycles. The normalized spacial score (nSPS) is 12.6. The van der Waals surface area contributed by atoms with Crippen molar-refractivity contribution in [3.63, 3.8) is 0 Å². The van der Waals surface area contributed by atoms with E-state index in [1.54, 1.807) is 23.1 Å². The summed E-state index contributed by atoms with van der Waals surface area (Å²) in [6.45, 7) is 0. The molecule has 3 rings (SSSR count). The number of thioether (sulfide) groups is 1. The lowest BCUT2D eigenvalue weighted by Crippen LogP contribution is -2.03. The number of nitrogens with zero attached hydrogens (tertiary/aromatic N) is 1. The largest absolute Gasteiger partial charge is 0.259 e. The number of thiazole rings is 1. The minimum atomic E-state index is -0.806. The Balaban J connectivity index is 1.50. The van der Waals surface area contributed by atoms with Gasteiger partial charge in [-0.25, -0.2) is 4.98 Å². The molecule has 0 radical (unpaired) electrons. The van der Waals surface area contributed by atoms with E-state index in [9.17, 15) is 4.21 Å². The first-order valence-electron chi connectivity index (χ1n) is 6.68. The fourth-order valence-corrected chi connectivity index (χ4v) is 5.54. The van der Waals surface area contributed by atoms with Crippen LogP contribution in [-0.2, 0) is 16.6 Å². The molecule has 0 aliphatic heterocycles. The molecule has 0 spiro atoms. The number of benzene rings is 2. The van der Waals surface area contributed by atoms with E-state index in [1.807, 2.05) is 48.5 Å². The Kier molecular flexibility index (Phi) is 5.06. The van der Waals surface area contributed by atoms with Gasteiger partial charge in [-0.1, -0.05) is 54.2 Å². The van der Waals surface area contributed by atoms with Crippen molar-refractivity contribution in [1.82, 2.24) is 4.98 Å². The summed E-state index contributed by atoms with van der Waals surface area (Å²) in [6.07, 6.45) is 0. The van der Waals surface area contributed by atoms with Crippen LogP contribution in [0.2, 0.25) is 0 Å². The van der Waals surface area contributed by atoms with Gasteiger partial charge in [0.15, 0.2) is 4.34 Å².